The summed E-state index contributed by atoms with van der Waals surface area (Å²) in [6, 6.07) is -1.02. The van der Waals surface area contributed by atoms with Crippen molar-refractivity contribution >= 4 is 11.9 Å². The molecule has 0 saturated carbocycles. The normalized spacial score (nSPS) is 20.1. The van der Waals surface area contributed by atoms with Crippen molar-refractivity contribution in [1.82, 2.24) is 5.32 Å². The van der Waals surface area contributed by atoms with Crippen molar-refractivity contribution in [2.75, 3.05) is 13.2 Å². The maximum Gasteiger partial charge on any atom is 0.306 e. The number of hydrogen-bond acceptors (Lipinski definition) is 10. The van der Waals surface area contributed by atoms with Crippen LogP contribution in [-0.4, -0.2) is 99.6 Å². The van der Waals surface area contributed by atoms with Crippen LogP contribution >= 0.6 is 0 Å². The van der Waals surface area contributed by atoms with E-state index in [-0.39, 0.29) is 13.0 Å². The van der Waals surface area contributed by atoms with Gasteiger partial charge in [-0.05, 0) is 44.9 Å². The molecular formula is C56H105NO10. The summed E-state index contributed by atoms with van der Waals surface area (Å²) in [4.78, 5) is 26.4. The molecule has 11 nitrogen and oxygen atoms in total. The monoisotopic (exact) mass is 952 g/mol. The first-order valence-electron chi connectivity index (χ1n) is 28.1. The molecule has 0 radical (unpaired) electrons. The average Bonchev–Trinajstić information content (AvgIpc) is 3.32. The molecule has 0 aromatic carbocycles. The molecule has 1 rings (SSSR count). The minimum atomic E-state index is -1.61. The first-order chi connectivity index (χ1) is 32.7. The second-order valence-corrected chi connectivity index (χ2v) is 19.7. The number of nitrogens with one attached hydrogen (secondary N) is 1. The SMILES string of the molecule is CCCC/C=C\CCCCCCCC(=O)OC1C(OCC(NC(=O)C(O)CCCCCCCCCCCCCCCCCC)C(O)/C=C/CCCCCCCCCCC)OC(CO)C(O)C1O. The predicted molar refractivity (Wildman–Crippen MR) is 274 cm³/mol. The van der Waals surface area contributed by atoms with Crippen LogP contribution in [0.4, 0.5) is 0 Å². The van der Waals surface area contributed by atoms with Gasteiger partial charge in [0.15, 0.2) is 12.4 Å². The van der Waals surface area contributed by atoms with Crippen LogP contribution in [0.3, 0.4) is 0 Å². The van der Waals surface area contributed by atoms with Gasteiger partial charge in [0.25, 0.3) is 0 Å². The number of aliphatic hydroxyl groups is 5. The van der Waals surface area contributed by atoms with Crippen molar-refractivity contribution in [3.05, 3.63) is 24.3 Å². The topological polar surface area (TPSA) is 175 Å². The standard InChI is InChI=1S/C56H105NO10/c1-4-7-10-13-16-19-22-23-24-25-26-29-31-34-37-40-43-49(60)55(64)57-47(48(59)42-39-36-33-30-27-20-17-14-11-8-5-2)46-65-56-54(53(63)52(62)50(45-58)66-56)67-51(61)44-41-38-35-32-28-21-18-15-12-9-6-3/h15,18,39,42,47-50,52-54,56,58-60,62-63H,4-14,16-17,19-38,40-41,43-46H2,1-3H3,(H,57,64)/b18-15-,42-39+. The molecule has 8 unspecified atom stereocenters. The van der Waals surface area contributed by atoms with Gasteiger partial charge >= 0.3 is 5.97 Å². The van der Waals surface area contributed by atoms with Gasteiger partial charge in [0.05, 0.1) is 25.4 Å². The zero-order valence-electron chi connectivity index (χ0n) is 43.3. The maximum absolute atomic E-state index is 13.3. The molecule has 8 atom stereocenters. The van der Waals surface area contributed by atoms with E-state index >= 15 is 0 Å². The second-order valence-electron chi connectivity index (χ2n) is 19.7. The summed E-state index contributed by atoms with van der Waals surface area (Å²) in [5.41, 5.74) is 0. The van der Waals surface area contributed by atoms with E-state index in [0.717, 1.165) is 77.0 Å². The van der Waals surface area contributed by atoms with E-state index in [9.17, 15) is 35.1 Å². The number of allylic oxidation sites excluding steroid dienone is 3. The van der Waals surface area contributed by atoms with E-state index < -0.39 is 67.4 Å². The minimum Gasteiger partial charge on any atom is -0.454 e. The molecule has 0 aromatic rings. The van der Waals surface area contributed by atoms with E-state index in [1.165, 1.54) is 135 Å². The number of ether oxygens (including phenoxy) is 3. The molecule has 0 aliphatic carbocycles. The fraction of sp³-hybridized carbons (Fsp3) is 0.893. The number of esters is 1. The minimum absolute atomic E-state index is 0.116. The number of hydrogen-bond donors (Lipinski definition) is 6. The van der Waals surface area contributed by atoms with Crippen LogP contribution < -0.4 is 5.32 Å². The zero-order valence-corrected chi connectivity index (χ0v) is 43.3. The molecule has 11 heteroatoms. The predicted octanol–water partition coefficient (Wildman–Crippen LogP) is 12.2. The largest absolute Gasteiger partial charge is 0.454 e. The van der Waals surface area contributed by atoms with Crippen LogP contribution in [-0.2, 0) is 23.8 Å². The highest BCUT2D eigenvalue weighted by Gasteiger charge is 2.47. The van der Waals surface area contributed by atoms with E-state index in [0.29, 0.717) is 19.3 Å². The van der Waals surface area contributed by atoms with Crippen LogP contribution in [0.15, 0.2) is 24.3 Å². The van der Waals surface area contributed by atoms with Gasteiger partial charge in [-0.1, -0.05) is 231 Å². The summed E-state index contributed by atoms with van der Waals surface area (Å²) in [6.45, 7) is 5.73. The van der Waals surface area contributed by atoms with Crippen molar-refractivity contribution in [3.63, 3.8) is 0 Å². The lowest BCUT2D eigenvalue weighted by molar-refractivity contribution is -0.305. The molecular weight excluding hydrogens is 847 g/mol. The number of carbonyl (C=O) groups is 2. The van der Waals surface area contributed by atoms with Crippen molar-refractivity contribution < 1.29 is 49.3 Å². The van der Waals surface area contributed by atoms with Gasteiger partial charge in [0, 0.05) is 6.42 Å². The quantitative estimate of drug-likeness (QED) is 0.0196. The lowest BCUT2D eigenvalue weighted by Crippen LogP contribution is -2.61. The fourth-order valence-electron chi connectivity index (χ4n) is 8.81. The van der Waals surface area contributed by atoms with Gasteiger partial charge in [0.1, 0.15) is 24.4 Å². The van der Waals surface area contributed by atoms with Crippen molar-refractivity contribution in [3.8, 4) is 0 Å². The summed E-state index contributed by atoms with van der Waals surface area (Å²) in [5.74, 6) is -1.20. The molecule has 1 aliphatic heterocycles. The summed E-state index contributed by atoms with van der Waals surface area (Å²) in [6.07, 6.45) is 39.5. The highest BCUT2D eigenvalue weighted by atomic mass is 16.7. The molecule has 1 fully saturated rings. The zero-order chi connectivity index (χ0) is 49.0. The molecule has 0 aromatic heterocycles. The molecule has 394 valence electrons. The Balaban J connectivity index is 2.72. The van der Waals surface area contributed by atoms with Crippen LogP contribution in [0.1, 0.15) is 258 Å². The van der Waals surface area contributed by atoms with Crippen LogP contribution in [0.5, 0.6) is 0 Å². The highest BCUT2D eigenvalue weighted by molar-refractivity contribution is 5.80. The Morgan fingerprint density at radius 2 is 1.00 bits per heavy atom. The number of rotatable bonds is 47. The third-order valence-electron chi connectivity index (χ3n) is 13.4. The Morgan fingerprint density at radius 1 is 0.567 bits per heavy atom. The number of aliphatic hydroxyl groups excluding tert-OH is 5. The number of carbonyl (C=O) groups excluding carboxylic acids is 2. The van der Waals surface area contributed by atoms with Gasteiger partial charge in [-0.2, -0.15) is 0 Å². The maximum atomic E-state index is 13.3. The molecule has 1 heterocycles. The Bertz CT molecular complexity index is 1180. The Morgan fingerprint density at radius 3 is 1.49 bits per heavy atom. The molecule has 1 amide bonds. The Kier molecular flexibility index (Phi) is 42.7. The average molecular weight is 952 g/mol. The Labute approximate surface area is 410 Å². The number of amides is 1. The number of unbranched alkanes of at least 4 members (excludes halogenated alkanes) is 31. The molecule has 1 saturated heterocycles. The van der Waals surface area contributed by atoms with Gasteiger partial charge in [-0.15, -0.1) is 0 Å². The van der Waals surface area contributed by atoms with Crippen LogP contribution in [0.25, 0.3) is 0 Å². The Hall–Kier alpha value is -1.86. The molecule has 0 bridgehead atoms. The summed E-state index contributed by atoms with van der Waals surface area (Å²) >= 11 is 0. The molecule has 67 heavy (non-hydrogen) atoms. The van der Waals surface area contributed by atoms with Crippen LogP contribution in [0.2, 0.25) is 0 Å². The van der Waals surface area contributed by atoms with E-state index in [1.54, 1.807) is 6.08 Å². The molecule has 0 spiro atoms. The van der Waals surface area contributed by atoms with Crippen molar-refractivity contribution in [2.24, 2.45) is 0 Å². The smallest absolute Gasteiger partial charge is 0.306 e. The van der Waals surface area contributed by atoms with Gasteiger partial charge in [-0.25, -0.2) is 0 Å². The van der Waals surface area contributed by atoms with Crippen molar-refractivity contribution in [2.45, 2.75) is 307 Å². The van der Waals surface area contributed by atoms with Gasteiger partial charge in [0.2, 0.25) is 5.91 Å². The van der Waals surface area contributed by atoms with E-state index in [4.69, 9.17) is 14.2 Å². The highest BCUT2D eigenvalue weighted by Crippen LogP contribution is 2.26. The van der Waals surface area contributed by atoms with E-state index in [1.807, 2.05) is 6.08 Å². The van der Waals surface area contributed by atoms with E-state index in [2.05, 4.69) is 38.2 Å². The summed E-state index contributed by atoms with van der Waals surface area (Å²) < 4.78 is 17.5. The first-order valence-corrected chi connectivity index (χ1v) is 28.1. The third kappa shape index (κ3) is 34.2. The molecule has 6 N–H and O–H groups in total. The van der Waals surface area contributed by atoms with Crippen molar-refractivity contribution in [1.29, 1.82) is 0 Å². The summed E-state index contributed by atoms with van der Waals surface area (Å²) in [7, 11) is 0. The van der Waals surface area contributed by atoms with Gasteiger partial charge in [-0.3, -0.25) is 9.59 Å². The fourth-order valence-corrected chi connectivity index (χ4v) is 8.81. The lowest BCUT2D eigenvalue weighted by Gasteiger charge is -2.41. The summed E-state index contributed by atoms with van der Waals surface area (Å²) in [5, 5.41) is 56.7. The van der Waals surface area contributed by atoms with Crippen LogP contribution in [0, 0.1) is 0 Å². The van der Waals surface area contributed by atoms with Gasteiger partial charge < -0.3 is 45.1 Å². The molecule has 1 aliphatic rings. The second kappa shape index (κ2) is 45.3. The lowest BCUT2D eigenvalue weighted by atomic mass is 9.99. The first kappa shape index (κ1) is 63.2. The third-order valence-corrected chi connectivity index (χ3v) is 13.4.